The summed E-state index contributed by atoms with van der Waals surface area (Å²) in [6.45, 7) is 1.64. The van der Waals surface area contributed by atoms with Crippen molar-refractivity contribution < 1.29 is 29.6 Å². The molecule has 5 saturated carbocycles. The number of nitrogens with two attached hydrogens (primary N) is 1. The molecule has 13 atom stereocenters. The van der Waals surface area contributed by atoms with Gasteiger partial charge in [0.2, 0.25) is 0 Å². The fraction of sp³-hybridized carbons (Fsp3) is 0.586. The van der Waals surface area contributed by atoms with Crippen LogP contribution in [0.4, 0.5) is 0 Å². The quantitative estimate of drug-likeness (QED) is 0.116. The van der Waals surface area contributed by atoms with Crippen molar-refractivity contribution in [3.05, 3.63) is 94.8 Å². The first-order chi connectivity index (χ1) is 32.5. The Morgan fingerprint density at radius 1 is 0.910 bits per heavy atom. The van der Waals surface area contributed by atoms with Crippen molar-refractivity contribution in [3.63, 3.8) is 0 Å². The van der Waals surface area contributed by atoms with Crippen LogP contribution >= 0.6 is 0 Å². The monoisotopic (exact) mass is 906 g/mol. The highest BCUT2D eigenvalue weighted by molar-refractivity contribution is 5.89. The van der Waals surface area contributed by atoms with Crippen molar-refractivity contribution in [2.24, 2.45) is 58.0 Å². The lowest BCUT2D eigenvalue weighted by Crippen LogP contribution is -2.66. The number of methoxy groups -OCH3 is 1. The lowest BCUT2D eigenvalue weighted by molar-refractivity contribution is -0.165. The van der Waals surface area contributed by atoms with Gasteiger partial charge in [0, 0.05) is 43.7 Å². The summed E-state index contributed by atoms with van der Waals surface area (Å²) < 4.78 is 5.58. The molecule has 9 nitrogen and oxygen atoms in total. The summed E-state index contributed by atoms with van der Waals surface area (Å²) in [7, 11) is 1.54. The number of ether oxygens (including phenoxy) is 1. The van der Waals surface area contributed by atoms with Gasteiger partial charge < -0.3 is 36.4 Å². The number of carbonyl (C=O) groups excluding carboxylic acids is 2. The molecular formula is C58H71N3O6. The van der Waals surface area contributed by atoms with E-state index in [0.29, 0.717) is 116 Å². The minimum Gasteiger partial charge on any atom is -0.504 e. The van der Waals surface area contributed by atoms with Gasteiger partial charge in [-0.15, -0.1) is 0 Å². The number of piperidine rings is 1. The predicted molar refractivity (Wildman–Crippen MR) is 261 cm³/mol. The van der Waals surface area contributed by atoms with E-state index in [1.165, 1.54) is 50.3 Å². The molecular weight excluding hydrogens is 835 g/mol. The molecule has 354 valence electrons. The van der Waals surface area contributed by atoms with Crippen LogP contribution in [0.1, 0.15) is 131 Å². The van der Waals surface area contributed by atoms with E-state index in [1.807, 2.05) is 24.3 Å². The fourth-order valence-electron chi connectivity index (χ4n) is 16.3. The highest BCUT2D eigenvalue weighted by atomic mass is 16.5. The van der Waals surface area contributed by atoms with Crippen LogP contribution in [0.3, 0.4) is 0 Å². The number of ketones is 2. The molecule has 11 rings (SSSR count). The normalized spacial score (nSPS) is 35.1. The number of phenols is 1. The summed E-state index contributed by atoms with van der Waals surface area (Å²) >= 11 is 0. The molecule has 67 heavy (non-hydrogen) atoms. The van der Waals surface area contributed by atoms with Crippen LogP contribution in [0.15, 0.2) is 78.1 Å². The number of phenolic OH excluding ortho intramolecular Hbond substituents is 1. The number of aliphatic hydroxyl groups excluding tert-OH is 2. The molecule has 13 unspecified atom stereocenters. The maximum absolute atomic E-state index is 14.8. The van der Waals surface area contributed by atoms with Crippen molar-refractivity contribution in [2.75, 3.05) is 20.2 Å². The Morgan fingerprint density at radius 2 is 1.73 bits per heavy atom. The van der Waals surface area contributed by atoms with Gasteiger partial charge in [0.25, 0.3) is 0 Å². The van der Waals surface area contributed by atoms with Gasteiger partial charge in [-0.1, -0.05) is 73.2 Å². The number of allylic oxidation sites excluding steroid dienone is 2. The maximum Gasteiger partial charge on any atom is 0.160 e. The van der Waals surface area contributed by atoms with E-state index in [9.17, 15) is 24.9 Å². The number of aliphatic hydroxyl groups is 2. The number of Topliss-reactive ketones (excluding diaryl/α,β-unsaturated/α-hetero) is 2. The molecule has 0 aromatic heterocycles. The molecule has 3 aromatic carbocycles. The summed E-state index contributed by atoms with van der Waals surface area (Å²) in [6.07, 6.45) is 16.9. The van der Waals surface area contributed by atoms with Crippen molar-refractivity contribution >= 4 is 22.3 Å². The lowest BCUT2D eigenvalue weighted by Gasteiger charge is -2.65. The number of hydrogen-bond donors (Lipinski definition) is 6. The molecule has 3 aromatic rings. The van der Waals surface area contributed by atoms with Gasteiger partial charge >= 0.3 is 0 Å². The maximum atomic E-state index is 14.8. The van der Waals surface area contributed by atoms with E-state index in [0.717, 1.165) is 47.0 Å². The average molecular weight is 906 g/mol. The van der Waals surface area contributed by atoms with Crippen molar-refractivity contribution in [1.82, 2.24) is 10.6 Å². The second kappa shape index (κ2) is 18.0. The second-order valence-electron chi connectivity index (χ2n) is 22.4. The van der Waals surface area contributed by atoms with E-state index < -0.39 is 17.6 Å². The van der Waals surface area contributed by atoms with Crippen molar-refractivity contribution in [2.45, 2.75) is 139 Å². The molecule has 0 radical (unpaired) electrons. The predicted octanol–water partition coefficient (Wildman–Crippen LogP) is 8.74. The fourth-order valence-corrected chi connectivity index (χ4v) is 16.3. The van der Waals surface area contributed by atoms with Gasteiger partial charge in [0.15, 0.2) is 17.3 Å². The van der Waals surface area contributed by atoms with Crippen LogP contribution in [0.5, 0.6) is 11.5 Å². The first-order valence-corrected chi connectivity index (χ1v) is 26.0. The number of aryl methyl sites for hydroxylation is 1. The largest absolute Gasteiger partial charge is 0.504 e. The highest BCUT2D eigenvalue weighted by Crippen LogP contribution is 2.68. The first kappa shape index (κ1) is 44.9. The number of fused-ring (bicyclic) bond motifs is 3. The number of dihydropyridines is 1. The number of benzene rings is 3. The molecule has 2 spiro atoms. The SMILES string of the molecule is COc1cc2c(cc1O)C(CCC(O)CC(C1=CCNC(N)=C1)c1ccc3ccccc3c1)C#CC1(CCC(C3CC4CCC5CC(=O)CC6NCC(C4C56)C34CCCC4)CC1O)C(=O)CC2. The Bertz CT molecular complexity index is 2520. The average Bonchev–Trinajstić information content (AvgIpc) is 3.83. The summed E-state index contributed by atoms with van der Waals surface area (Å²) in [5, 5.41) is 45.3. The molecule has 1 saturated heterocycles. The molecule has 2 heterocycles. The van der Waals surface area contributed by atoms with Crippen molar-refractivity contribution in [3.8, 4) is 23.3 Å². The molecule has 0 amide bonds. The van der Waals surface area contributed by atoms with Crippen LogP contribution in [-0.2, 0) is 16.0 Å². The van der Waals surface area contributed by atoms with Crippen LogP contribution in [-0.4, -0.2) is 65.3 Å². The topological polar surface area (TPSA) is 154 Å². The van der Waals surface area contributed by atoms with Gasteiger partial charge in [-0.2, -0.15) is 0 Å². The number of hydrogen-bond acceptors (Lipinski definition) is 9. The Balaban J connectivity index is 0.862. The zero-order valence-corrected chi connectivity index (χ0v) is 39.4. The summed E-state index contributed by atoms with van der Waals surface area (Å²) in [5.41, 5.74) is 9.34. The second-order valence-corrected chi connectivity index (χ2v) is 22.4. The van der Waals surface area contributed by atoms with Gasteiger partial charge in [0.1, 0.15) is 11.2 Å². The minimum absolute atomic E-state index is 0.0115. The number of carbonyl (C=O) groups is 2. The van der Waals surface area contributed by atoms with E-state index in [1.54, 1.807) is 13.2 Å². The first-order valence-electron chi connectivity index (χ1n) is 26.0. The number of rotatable bonds is 9. The van der Waals surface area contributed by atoms with Crippen LogP contribution in [0, 0.1) is 64.1 Å². The van der Waals surface area contributed by atoms with Crippen LogP contribution < -0.4 is 21.1 Å². The summed E-state index contributed by atoms with van der Waals surface area (Å²) in [4.78, 5) is 27.6. The molecule has 8 aliphatic rings. The smallest absolute Gasteiger partial charge is 0.160 e. The minimum atomic E-state index is -1.16. The standard InChI is InChI=1S/C58H71N3O6/c1-67-51-27-38-13-15-52(65)58(22-17-40(28-53(58)66)47-26-42-11-10-41-25-44(63)31-49-56(41)55(42)48(33-61-49)57(47)19-4-5-20-57)21-16-35(46(38)32-50(51)64)12-14-43(62)30-45(39-18-23-60-54(59)29-39)37-9-8-34-6-2-3-7-36(34)24-37/h2-3,6-9,18,24,27,29,32,35,40-43,45,47-49,53,55-56,60-62,64,66H,4-5,10-15,17,19-20,22-23,25-26,28,30-31,33,59H2,1H3. The zero-order chi connectivity index (χ0) is 46.0. The molecule has 6 fully saturated rings. The van der Waals surface area contributed by atoms with E-state index in [4.69, 9.17) is 10.5 Å². The summed E-state index contributed by atoms with van der Waals surface area (Å²) in [5.74, 6) is 12.1. The summed E-state index contributed by atoms with van der Waals surface area (Å²) in [6, 6.07) is 18.8. The van der Waals surface area contributed by atoms with E-state index in [2.05, 4.69) is 58.9 Å². The third-order valence-corrected chi connectivity index (χ3v) is 19.3. The molecule has 6 aliphatic carbocycles. The third-order valence-electron chi connectivity index (χ3n) is 19.3. The Morgan fingerprint density at radius 3 is 2.54 bits per heavy atom. The number of nitrogens with one attached hydrogen (secondary N) is 2. The third kappa shape index (κ3) is 8.01. The Hall–Kier alpha value is -4.62. The van der Waals surface area contributed by atoms with Gasteiger partial charge in [-0.25, -0.2) is 0 Å². The van der Waals surface area contributed by atoms with Gasteiger partial charge in [-0.05, 0) is 182 Å². The Labute approximate surface area is 396 Å². The van der Waals surface area contributed by atoms with Crippen molar-refractivity contribution in [1.29, 1.82) is 0 Å². The molecule has 0 bridgehead atoms. The zero-order valence-electron chi connectivity index (χ0n) is 39.4. The lowest BCUT2D eigenvalue weighted by atomic mass is 9.41. The number of aromatic hydroxyl groups is 1. The van der Waals surface area contributed by atoms with Crippen LogP contribution in [0.25, 0.3) is 10.8 Å². The Kier molecular flexibility index (Phi) is 12.1. The molecule has 7 N–H and O–H groups in total. The van der Waals surface area contributed by atoms with E-state index in [-0.39, 0.29) is 35.2 Å². The highest BCUT2D eigenvalue weighted by Gasteiger charge is 2.64. The van der Waals surface area contributed by atoms with E-state index >= 15 is 0 Å². The van der Waals surface area contributed by atoms with Gasteiger partial charge in [0.05, 0.1) is 25.1 Å². The van der Waals surface area contributed by atoms with Gasteiger partial charge in [-0.3, -0.25) is 9.59 Å². The molecule has 9 heteroatoms. The van der Waals surface area contributed by atoms with Crippen LogP contribution in [0.2, 0.25) is 0 Å². The molecule has 2 aliphatic heterocycles.